The van der Waals surface area contributed by atoms with Crippen LogP contribution in [0.5, 0.6) is 0 Å². The van der Waals surface area contributed by atoms with Crippen molar-refractivity contribution < 1.29 is 4.79 Å². The van der Waals surface area contributed by atoms with E-state index in [-0.39, 0.29) is 5.91 Å². The van der Waals surface area contributed by atoms with Crippen molar-refractivity contribution >= 4 is 17.5 Å². The molecule has 4 heteroatoms. The van der Waals surface area contributed by atoms with Gasteiger partial charge in [0.1, 0.15) is 0 Å². The van der Waals surface area contributed by atoms with Crippen LogP contribution in [-0.2, 0) is 10.2 Å². The Balaban J connectivity index is 2.84. The largest absolute Gasteiger partial charge is 0.344 e. The fourth-order valence-electron chi connectivity index (χ4n) is 1.85. The van der Waals surface area contributed by atoms with Gasteiger partial charge in [0.05, 0.1) is 5.41 Å². The van der Waals surface area contributed by atoms with E-state index in [1.54, 1.807) is 4.90 Å². The van der Waals surface area contributed by atoms with Gasteiger partial charge in [0.25, 0.3) is 0 Å². The van der Waals surface area contributed by atoms with Crippen molar-refractivity contribution in [2.24, 2.45) is 0 Å². The van der Waals surface area contributed by atoms with Crippen LogP contribution >= 0.6 is 11.6 Å². The highest BCUT2D eigenvalue weighted by atomic mass is 35.5. The summed E-state index contributed by atoms with van der Waals surface area (Å²) in [7, 11) is 3.71. The zero-order valence-corrected chi connectivity index (χ0v) is 12.2. The summed E-state index contributed by atoms with van der Waals surface area (Å²) in [5.41, 5.74) is 0.445. The van der Waals surface area contributed by atoms with E-state index in [0.29, 0.717) is 11.6 Å². The normalized spacial score (nSPS) is 11.4. The molecule has 100 valence electrons. The number of halogens is 1. The fourth-order valence-corrected chi connectivity index (χ4v) is 1.97. The third-order valence-corrected chi connectivity index (χ3v) is 3.40. The molecule has 0 aromatic heterocycles. The quantitative estimate of drug-likeness (QED) is 0.889. The van der Waals surface area contributed by atoms with E-state index < -0.39 is 5.41 Å². The summed E-state index contributed by atoms with van der Waals surface area (Å²) in [5.74, 6) is 0.111. The number of carbonyl (C=O) groups excluding carboxylic acids is 1. The molecule has 1 N–H and O–H groups in total. The van der Waals surface area contributed by atoms with Gasteiger partial charge >= 0.3 is 0 Å². The molecular formula is C14H21ClN2O. The topological polar surface area (TPSA) is 32.3 Å². The van der Waals surface area contributed by atoms with Gasteiger partial charge in [0.15, 0.2) is 0 Å². The molecule has 0 aliphatic rings. The van der Waals surface area contributed by atoms with Crippen molar-refractivity contribution in [2.75, 3.05) is 27.2 Å². The number of carbonyl (C=O) groups is 1. The maximum Gasteiger partial charge on any atom is 0.232 e. The fraction of sp³-hybridized carbons (Fsp3) is 0.500. The molecule has 1 aromatic carbocycles. The average Bonchev–Trinajstić information content (AvgIpc) is 2.35. The molecule has 0 atom stereocenters. The molecule has 3 nitrogen and oxygen atoms in total. The average molecular weight is 269 g/mol. The highest BCUT2D eigenvalue weighted by Crippen LogP contribution is 2.26. The third-order valence-electron chi connectivity index (χ3n) is 3.14. The van der Waals surface area contributed by atoms with Crippen molar-refractivity contribution in [3.63, 3.8) is 0 Å². The molecule has 0 fully saturated rings. The Hall–Kier alpha value is -1.06. The summed E-state index contributed by atoms with van der Waals surface area (Å²) in [4.78, 5) is 14.2. The Morgan fingerprint density at radius 1 is 1.33 bits per heavy atom. The minimum Gasteiger partial charge on any atom is -0.344 e. The van der Waals surface area contributed by atoms with Crippen molar-refractivity contribution in [3.05, 3.63) is 34.9 Å². The molecule has 0 saturated heterocycles. The molecule has 0 aliphatic carbocycles. The van der Waals surface area contributed by atoms with E-state index in [1.165, 1.54) is 0 Å². The summed E-state index contributed by atoms with van der Waals surface area (Å²) in [6.07, 6.45) is 0. The van der Waals surface area contributed by atoms with Gasteiger partial charge in [0.2, 0.25) is 5.91 Å². The number of amides is 1. The minimum atomic E-state index is -0.535. The first-order valence-electron chi connectivity index (χ1n) is 6.06. The van der Waals surface area contributed by atoms with Crippen LogP contribution in [0.1, 0.15) is 19.4 Å². The molecule has 0 saturated carbocycles. The molecule has 0 aliphatic heterocycles. The number of nitrogens with one attached hydrogen (secondary N) is 1. The van der Waals surface area contributed by atoms with Gasteiger partial charge in [-0.1, -0.05) is 23.7 Å². The summed E-state index contributed by atoms with van der Waals surface area (Å²) in [5, 5.41) is 3.73. The molecule has 0 unspecified atom stereocenters. The second-order valence-electron chi connectivity index (χ2n) is 4.96. The van der Waals surface area contributed by atoms with Crippen molar-refractivity contribution in [2.45, 2.75) is 19.3 Å². The van der Waals surface area contributed by atoms with Crippen molar-refractivity contribution in [1.29, 1.82) is 0 Å². The first-order valence-corrected chi connectivity index (χ1v) is 6.43. The lowest BCUT2D eigenvalue weighted by molar-refractivity contribution is -0.134. The summed E-state index contributed by atoms with van der Waals surface area (Å²) in [6.45, 7) is 5.37. The lowest BCUT2D eigenvalue weighted by atomic mass is 9.83. The predicted octanol–water partition coefficient (Wildman–Crippen LogP) is 2.30. The highest BCUT2D eigenvalue weighted by molar-refractivity contribution is 6.30. The van der Waals surface area contributed by atoms with Crippen LogP contribution in [0.25, 0.3) is 0 Å². The van der Waals surface area contributed by atoms with Gasteiger partial charge in [-0.2, -0.15) is 0 Å². The Bertz CT molecular complexity index is 401. The van der Waals surface area contributed by atoms with E-state index in [2.05, 4.69) is 5.32 Å². The van der Waals surface area contributed by atoms with E-state index in [1.807, 2.05) is 52.2 Å². The number of likely N-dealkylation sites (N-methyl/N-ethyl adjacent to an activating group) is 2. The Labute approximate surface area is 114 Å². The zero-order valence-electron chi connectivity index (χ0n) is 11.5. The van der Waals surface area contributed by atoms with Crippen LogP contribution in [0.4, 0.5) is 0 Å². The molecule has 1 rings (SSSR count). The van der Waals surface area contributed by atoms with Crippen LogP contribution in [0.15, 0.2) is 24.3 Å². The van der Waals surface area contributed by atoms with Crippen molar-refractivity contribution in [3.8, 4) is 0 Å². The number of hydrogen-bond acceptors (Lipinski definition) is 2. The lowest BCUT2D eigenvalue weighted by Gasteiger charge is -2.30. The van der Waals surface area contributed by atoms with E-state index in [4.69, 9.17) is 11.6 Å². The molecule has 0 bridgehead atoms. The lowest BCUT2D eigenvalue weighted by Crippen LogP contribution is -2.43. The molecule has 0 radical (unpaired) electrons. The minimum absolute atomic E-state index is 0.111. The maximum atomic E-state index is 12.4. The molecule has 0 heterocycles. The molecule has 18 heavy (non-hydrogen) atoms. The Morgan fingerprint density at radius 3 is 2.39 bits per heavy atom. The van der Waals surface area contributed by atoms with Gasteiger partial charge < -0.3 is 10.2 Å². The summed E-state index contributed by atoms with van der Waals surface area (Å²) < 4.78 is 0. The standard InChI is InChI=1S/C14H21ClN2O/c1-14(2,11-5-7-12(15)8-6-11)13(18)17(4)10-9-16-3/h5-8,16H,9-10H2,1-4H3. The van der Waals surface area contributed by atoms with Crippen LogP contribution in [-0.4, -0.2) is 38.0 Å². The monoisotopic (exact) mass is 268 g/mol. The molecule has 0 spiro atoms. The number of rotatable bonds is 5. The number of benzene rings is 1. The highest BCUT2D eigenvalue weighted by Gasteiger charge is 2.31. The zero-order chi connectivity index (χ0) is 13.8. The number of nitrogens with zero attached hydrogens (tertiary/aromatic N) is 1. The van der Waals surface area contributed by atoms with Crippen LogP contribution in [0.2, 0.25) is 5.02 Å². The Morgan fingerprint density at radius 2 is 1.89 bits per heavy atom. The predicted molar refractivity (Wildman–Crippen MR) is 76.0 cm³/mol. The van der Waals surface area contributed by atoms with Crippen LogP contribution in [0, 0.1) is 0 Å². The first-order chi connectivity index (χ1) is 8.39. The molecular weight excluding hydrogens is 248 g/mol. The van der Waals surface area contributed by atoms with Crippen LogP contribution < -0.4 is 5.32 Å². The Kier molecular flexibility index (Phi) is 5.17. The van der Waals surface area contributed by atoms with E-state index in [0.717, 1.165) is 12.1 Å². The van der Waals surface area contributed by atoms with E-state index >= 15 is 0 Å². The molecule has 1 aromatic rings. The first kappa shape index (κ1) is 15.0. The summed E-state index contributed by atoms with van der Waals surface area (Å²) in [6, 6.07) is 7.46. The van der Waals surface area contributed by atoms with Gasteiger partial charge in [-0.3, -0.25) is 4.79 Å². The van der Waals surface area contributed by atoms with Gasteiger partial charge in [-0.15, -0.1) is 0 Å². The van der Waals surface area contributed by atoms with Gasteiger partial charge in [-0.05, 0) is 38.6 Å². The number of hydrogen-bond donors (Lipinski definition) is 1. The second-order valence-corrected chi connectivity index (χ2v) is 5.40. The van der Waals surface area contributed by atoms with E-state index in [9.17, 15) is 4.79 Å². The maximum absolute atomic E-state index is 12.4. The van der Waals surface area contributed by atoms with Crippen LogP contribution in [0.3, 0.4) is 0 Å². The second kappa shape index (κ2) is 6.21. The third kappa shape index (κ3) is 3.47. The molecule has 1 amide bonds. The van der Waals surface area contributed by atoms with Gasteiger partial charge in [-0.25, -0.2) is 0 Å². The summed E-state index contributed by atoms with van der Waals surface area (Å²) >= 11 is 5.87. The van der Waals surface area contributed by atoms with Crippen molar-refractivity contribution in [1.82, 2.24) is 10.2 Å². The SMILES string of the molecule is CNCCN(C)C(=O)C(C)(C)c1ccc(Cl)cc1. The van der Waals surface area contributed by atoms with Gasteiger partial charge in [0, 0.05) is 25.2 Å². The smallest absolute Gasteiger partial charge is 0.232 e.